The molecule has 0 amide bonds. The van der Waals surface area contributed by atoms with Crippen LogP contribution in [-0.2, 0) is 0 Å². The molecule has 0 bridgehead atoms. The molecule has 21 heavy (non-hydrogen) atoms. The maximum Gasteiger partial charge on any atom is 0.146 e. The fourth-order valence-corrected chi connectivity index (χ4v) is 4.03. The predicted octanol–water partition coefficient (Wildman–Crippen LogP) is 5.41. The third-order valence-corrected chi connectivity index (χ3v) is 5.05. The van der Waals surface area contributed by atoms with Crippen molar-refractivity contribution in [2.45, 2.75) is 18.4 Å². The van der Waals surface area contributed by atoms with Crippen LogP contribution in [0.25, 0.3) is 0 Å². The van der Waals surface area contributed by atoms with Crippen molar-refractivity contribution in [1.29, 1.82) is 0 Å². The Hall–Kier alpha value is -1.61. The number of rotatable bonds is 1. The molecule has 0 fully saturated rings. The predicted molar refractivity (Wildman–Crippen MR) is 86.9 cm³/mol. The second-order valence-electron chi connectivity index (χ2n) is 5.73. The van der Waals surface area contributed by atoms with Gasteiger partial charge in [0.25, 0.3) is 0 Å². The number of halogens is 2. The van der Waals surface area contributed by atoms with E-state index in [4.69, 9.17) is 0 Å². The highest BCUT2D eigenvalue weighted by Crippen LogP contribution is 2.50. The van der Waals surface area contributed by atoms with E-state index in [0.29, 0.717) is 17.5 Å². The third-order valence-electron chi connectivity index (χ3n) is 4.55. The van der Waals surface area contributed by atoms with Gasteiger partial charge in [0, 0.05) is 10.4 Å². The van der Waals surface area contributed by atoms with Crippen molar-refractivity contribution >= 4 is 21.6 Å². The van der Waals surface area contributed by atoms with Crippen LogP contribution in [0.1, 0.15) is 29.5 Å². The molecule has 0 spiro atoms. The number of hydrogen-bond donors (Lipinski definition) is 1. The van der Waals surface area contributed by atoms with Crippen molar-refractivity contribution < 1.29 is 4.39 Å². The molecule has 3 atom stereocenters. The van der Waals surface area contributed by atoms with Gasteiger partial charge in [0.1, 0.15) is 5.82 Å². The number of anilines is 1. The molecule has 1 nitrogen and oxygen atoms in total. The van der Waals surface area contributed by atoms with Gasteiger partial charge in [0.15, 0.2) is 0 Å². The van der Waals surface area contributed by atoms with E-state index in [0.717, 1.165) is 16.5 Å². The van der Waals surface area contributed by atoms with Crippen molar-refractivity contribution in [2.24, 2.45) is 5.92 Å². The summed E-state index contributed by atoms with van der Waals surface area (Å²) in [5, 5.41) is 3.44. The van der Waals surface area contributed by atoms with Crippen molar-refractivity contribution in [1.82, 2.24) is 0 Å². The molecule has 1 aliphatic carbocycles. The standard InChI is InChI=1S/C18H15BrFN/c19-12-5-1-4-11(10-12)17-14-7-2-6-13(14)15-8-3-9-16(20)18(15)21-17/h1-6,8-10,13-14,17,21H,7H2/t13?,14?,17-/m1/s1. The zero-order chi connectivity index (χ0) is 14.4. The van der Waals surface area contributed by atoms with Crippen molar-refractivity contribution in [3.63, 3.8) is 0 Å². The van der Waals surface area contributed by atoms with Crippen LogP contribution in [0.15, 0.2) is 59.1 Å². The first-order valence-corrected chi connectivity index (χ1v) is 8.00. The van der Waals surface area contributed by atoms with Crippen LogP contribution in [0.5, 0.6) is 0 Å². The van der Waals surface area contributed by atoms with Gasteiger partial charge in [-0.15, -0.1) is 0 Å². The quantitative estimate of drug-likeness (QED) is 0.682. The smallest absolute Gasteiger partial charge is 0.146 e. The minimum atomic E-state index is -0.161. The lowest BCUT2D eigenvalue weighted by atomic mass is 9.77. The zero-order valence-corrected chi connectivity index (χ0v) is 13.0. The lowest BCUT2D eigenvalue weighted by Crippen LogP contribution is -2.29. The Morgan fingerprint density at radius 2 is 2.00 bits per heavy atom. The topological polar surface area (TPSA) is 12.0 Å². The average Bonchev–Trinajstić information content (AvgIpc) is 2.96. The van der Waals surface area contributed by atoms with Gasteiger partial charge >= 0.3 is 0 Å². The van der Waals surface area contributed by atoms with Crippen LogP contribution in [-0.4, -0.2) is 0 Å². The first-order chi connectivity index (χ1) is 10.2. The molecule has 2 aromatic rings. The summed E-state index contributed by atoms with van der Waals surface area (Å²) in [4.78, 5) is 0. The number of fused-ring (bicyclic) bond motifs is 3. The lowest BCUT2D eigenvalue weighted by molar-refractivity contribution is 0.420. The highest BCUT2D eigenvalue weighted by Gasteiger charge is 2.38. The van der Waals surface area contributed by atoms with Crippen LogP contribution in [0.3, 0.4) is 0 Å². The van der Waals surface area contributed by atoms with E-state index in [-0.39, 0.29) is 11.9 Å². The Morgan fingerprint density at radius 1 is 1.14 bits per heavy atom. The number of allylic oxidation sites excluding steroid dienone is 2. The van der Waals surface area contributed by atoms with Gasteiger partial charge in [0.2, 0.25) is 0 Å². The zero-order valence-electron chi connectivity index (χ0n) is 11.4. The second-order valence-corrected chi connectivity index (χ2v) is 6.65. The number of nitrogens with one attached hydrogen (secondary N) is 1. The van der Waals surface area contributed by atoms with E-state index in [1.807, 2.05) is 18.2 Å². The fraction of sp³-hybridized carbons (Fsp3) is 0.222. The van der Waals surface area contributed by atoms with Crippen molar-refractivity contribution in [2.75, 3.05) is 5.32 Å². The molecule has 1 heterocycles. The van der Waals surface area contributed by atoms with Crippen molar-refractivity contribution in [3.8, 4) is 0 Å². The Balaban J connectivity index is 1.83. The van der Waals surface area contributed by atoms with Crippen LogP contribution < -0.4 is 5.32 Å². The first-order valence-electron chi connectivity index (χ1n) is 7.21. The van der Waals surface area contributed by atoms with E-state index in [1.165, 1.54) is 11.6 Å². The van der Waals surface area contributed by atoms with E-state index in [9.17, 15) is 4.39 Å². The molecule has 0 radical (unpaired) electrons. The summed E-state index contributed by atoms with van der Waals surface area (Å²) in [7, 11) is 0. The minimum absolute atomic E-state index is 0.145. The van der Waals surface area contributed by atoms with Crippen LogP contribution in [0.4, 0.5) is 10.1 Å². The van der Waals surface area contributed by atoms with Gasteiger partial charge in [-0.05, 0) is 41.7 Å². The molecule has 0 saturated heterocycles. The number of benzene rings is 2. The normalized spacial score (nSPS) is 26.1. The van der Waals surface area contributed by atoms with Gasteiger partial charge in [-0.3, -0.25) is 0 Å². The third kappa shape index (κ3) is 2.11. The molecule has 2 aliphatic rings. The van der Waals surface area contributed by atoms with Crippen LogP contribution in [0.2, 0.25) is 0 Å². The Bertz CT molecular complexity index is 725. The van der Waals surface area contributed by atoms with E-state index in [2.05, 4.69) is 45.5 Å². The summed E-state index contributed by atoms with van der Waals surface area (Å²) in [5.41, 5.74) is 2.95. The highest BCUT2D eigenvalue weighted by atomic mass is 79.9. The van der Waals surface area contributed by atoms with Gasteiger partial charge in [-0.1, -0.05) is 52.3 Å². The summed E-state index contributed by atoms with van der Waals surface area (Å²) in [6, 6.07) is 13.8. The summed E-state index contributed by atoms with van der Waals surface area (Å²) < 4.78 is 15.3. The molecule has 1 N–H and O–H groups in total. The second kappa shape index (κ2) is 4.99. The largest absolute Gasteiger partial charge is 0.375 e. The number of hydrogen-bond acceptors (Lipinski definition) is 1. The van der Waals surface area contributed by atoms with Crippen LogP contribution in [0, 0.1) is 11.7 Å². The highest BCUT2D eigenvalue weighted by molar-refractivity contribution is 9.10. The van der Waals surface area contributed by atoms with Gasteiger partial charge < -0.3 is 5.32 Å². The molecule has 2 unspecified atom stereocenters. The van der Waals surface area contributed by atoms with Gasteiger partial charge in [0.05, 0.1) is 11.7 Å². The molecular formula is C18H15BrFN. The molecule has 106 valence electrons. The molecule has 3 heteroatoms. The molecule has 4 rings (SSSR count). The Kier molecular flexibility index (Phi) is 3.11. The molecule has 2 aromatic carbocycles. The monoisotopic (exact) mass is 343 g/mol. The maximum absolute atomic E-state index is 14.2. The van der Waals surface area contributed by atoms with E-state index in [1.54, 1.807) is 6.07 Å². The fourth-order valence-electron chi connectivity index (χ4n) is 3.61. The minimum Gasteiger partial charge on any atom is -0.375 e. The first kappa shape index (κ1) is 13.1. The molecule has 0 saturated carbocycles. The average molecular weight is 344 g/mol. The SMILES string of the molecule is Fc1cccc2c1N[C@H](c1cccc(Br)c1)C1CC=CC21. The van der Waals surface area contributed by atoms with E-state index >= 15 is 0 Å². The van der Waals surface area contributed by atoms with Crippen LogP contribution >= 0.6 is 15.9 Å². The molecular weight excluding hydrogens is 329 g/mol. The lowest BCUT2D eigenvalue weighted by Gasteiger charge is -2.37. The number of para-hydroxylation sites is 1. The van der Waals surface area contributed by atoms with Gasteiger partial charge in [-0.2, -0.15) is 0 Å². The maximum atomic E-state index is 14.2. The van der Waals surface area contributed by atoms with E-state index < -0.39 is 0 Å². The summed E-state index contributed by atoms with van der Waals surface area (Å²) in [6.07, 6.45) is 5.49. The Morgan fingerprint density at radius 3 is 2.86 bits per heavy atom. The molecule has 1 aliphatic heterocycles. The Labute approximate surface area is 132 Å². The van der Waals surface area contributed by atoms with Gasteiger partial charge in [-0.25, -0.2) is 4.39 Å². The summed E-state index contributed by atoms with van der Waals surface area (Å²) >= 11 is 3.53. The van der Waals surface area contributed by atoms with Crippen molar-refractivity contribution in [3.05, 3.63) is 76.0 Å². The summed E-state index contributed by atoms with van der Waals surface area (Å²) in [6.45, 7) is 0. The summed E-state index contributed by atoms with van der Waals surface area (Å²) in [5.74, 6) is 0.598. The molecule has 0 aromatic heterocycles.